The van der Waals surface area contributed by atoms with Gasteiger partial charge in [-0.15, -0.1) is 0 Å². The van der Waals surface area contributed by atoms with Crippen LogP contribution in [0.1, 0.15) is 10.4 Å². The van der Waals surface area contributed by atoms with Gasteiger partial charge >= 0.3 is 17.1 Å². The first-order valence-corrected chi connectivity index (χ1v) is 3.77. The molecule has 0 unspecified atom stereocenters. The maximum Gasteiger partial charge on any atom is 2.00 e. The molecule has 1 nitrogen and oxygen atoms in total. The minimum Gasteiger partial charge on any atom is -0.312 e. The molecule has 0 fully saturated rings. The van der Waals surface area contributed by atoms with E-state index in [4.69, 9.17) is 0 Å². The Labute approximate surface area is 88.6 Å². The fraction of sp³-hybridized carbons (Fsp3) is 0. The van der Waals surface area contributed by atoms with Crippen molar-refractivity contribution in [1.29, 1.82) is 0 Å². The van der Waals surface area contributed by atoms with Crippen molar-refractivity contribution < 1.29 is 21.9 Å². The Morgan fingerprint density at radius 3 is 1.77 bits per heavy atom. The normalized spacial score (nSPS) is 7.69. The van der Waals surface area contributed by atoms with Gasteiger partial charge in [0.2, 0.25) is 0 Å². The molecule has 13 heavy (non-hydrogen) atoms. The maximum atomic E-state index is 9.87. The molecule has 0 amide bonds. The molecule has 2 heteroatoms. The van der Waals surface area contributed by atoms with Gasteiger partial charge in [0.1, 0.15) is 0 Å². The zero-order chi connectivity index (χ0) is 8.65. The van der Waals surface area contributed by atoms with Crippen molar-refractivity contribution in [2.45, 2.75) is 0 Å². The molecule has 0 saturated carbocycles. The van der Waals surface area contributed by atoms with Crippen molar-refractivity contribution in [2.24, 2.45) is 0 Å². The minimum atomic E-state index is 0. The summed E-state index contributed by atoms with van der Waals surface area (Å²) in [7, 11) is 0. The van der Waals surface area contributed by atoms with E-state index < -0.39 is 0 Å². The van der Waals surface area contributed by atoms with Crippen LogP contribution in [0.25, 0.3) is 0 Å². The van der Waals surface area contributed by atoms with Gasteiger partial charge in [-0.1, -0.05) is 5.56 Å². The fourth-order valence-corrected chi connectivity index (χ4v) is 0.788. The molecule has 0 atom stereocenters. The Morgan fingerprint density at radius 2 is 1.54 bits per heavy atom. The summed E-state index contributed by atoms with van der Waals surface area (Å²) in [5.41, 5.74) is 0.750. The van der Waals surface area contributed by atoms with Gasteiger partial charge in [0.05, 0.1) is 6.29 Å². The number of hydrogen-bond acceptors (Lipinski definition) is 1. The summed E-state index contributed by atoms with van der Waals surface area (Å²) in [5.74, 6) is 0. The number of aldehydes is 1. The quantitative estimate of drug-likeness (QED) is 0.405. The standard InChI is InChI=1S/C6H5O.C5H5.Fe/c7-5-6-3-1-2-4-6;1-2-4-5-3-1;/h1-5H;1-5H;/q2*-1;+2. The van der Waals surface area contributed by atoms with E-state index in [0.717, 1.165) is 11.8 Å². The Hall–Kier alpha value is -1.11. The molecule has 0 aliphatic heterocycles. The van der Waals surface area contributed by atoms with Gasteiger partial charge in [0.15, 0.2) is 0 Å². The van der Waals surface area contributed by atoms with Crippen LogP contribution in [0.15, 0.2) is 54.6 Å². The van der Waals surface area contributed by atoms with Gasteiger partial charge in [0.25, 0.3) is 0 Å². The van der Waals surface area contributed by atoms with E-state index >= 15 is 0 Å². The van der Waals surface area contributed by atoms with Gasteiger partial charge in [-0.25, -0.2) is 24.3 Å². The van der Waals surface area contributed by atoms with Crippen LogP contribution < -0.4 is 0 Å². The summed E-state index contributed by atoms with van der Waals surface area (Å²) in [6, 6.07) is 17.2. The second-order valence-electron chi connectivity index (χ2n) is 2.30. The molecule has 2 aromatic carbocycles. The molecule has 0 spiro atoms. The summed E-state index contributed by atoms with van der Waals surface area (Å²) in [5, 5.41) is 0. The summed E-state index contributed by atoms with van der Waals surface area (Å²) < 4.78 is 0. The van der Waals surface area contributed by atoms with Crippen LogP contribution in [-0.4, -0.2) is 6.29 Å². The van der Waals surface area contributed by atoms with E-state index in [-0.39, 0.29) is 17.1 Å². The van der Waals surface area contributed by atoms with Gasteiger partial charge in [-0.3, -0.25) is 0 Å². The molecule has 0 radical (unpaired) electrons. The SMILES string of the molecule is O=C[c-]1cccc1.[Fe+2].c1cc[cH-]c1. The van der Waals surface area contributed by atoms with Crippen LogP contribution in [0.2, 0.25) is 0 Å². The topological polar surface area (TPSA) is 17.1 Å². The predicted octanol–water partition coefficient (Wildman–Crippen LogP) is 2.62. The van der Waals surface area contributed by atoms with Crippen LogP contribution in [0, 0.1) is 0 Å². The molecule has 0 N–H and O–H groups in total. The predicted molar refractivity (Wildman–Crippen MR) is 49.5 cm³/mol. The van der Waals surface area contributed by atoms with Crippen molar-refractivity contribution in [3.8, 4) is 0 Å². The van der Waals surface area contributed by atoms with E-state index in [1.807, 2.05) is 42.5 Å². The third-order valence-electron chi connectivity index (χ3n) is 1.38. The summed E-state index contributed by atoms with van der Waals surface area (Å²) in [4.78, 5) is 9.87. The second kappa shape index (κ2) is 7.53. The van der Waals surface area contributed by atoms with E-state index in [1.165, 1.54) is 0 Å². The summed E-state index contributed by atoms with van der Waals surface area (Å²) >= 11 is 0. The van der Waals surface area contributed by atoms with Crippen LogP contribution in [0.3, 0.4) is 0 Å². The molecule has 0 bridgehead atoms. The van der Waals surface area contributed by atoms with Gasteiger partial charge in [-0.2, -0.15) is 30.3 Å². The molecule has 68 valence electrons. The summed E-state index contributed by atoms with van der Waals surface area (Å²) in [6.07, 6.45) is 0.833. The molecule has 0 saturated heterocycles. The number of rotatable bonds is 1. The Kier molecular flexibility index (Phi) is 6.89. The van der Waals surface area contributed by atoms with Crippen molar-refractivity contribution in [3.63, 3.8) is 0 Å². The smallest absolute Gasteiger partial charge is 0.312 e. The molecule has 0 aliphatic carbocycles. The molecule has 2 rings (SSSR count). The van der Waals surface area contributed by atoms with E-state index in [2.05, 4.69) is 0 Å². The average Bonchev–Trinajstić information content (AvgIpc) is 2.81. The largest absolute Gasteiger partial charge is 2.00 e. The van der Waals surface area contributed by atoms with Gasteiger partial charge < -0.3 is 4.79 Å². The molecule has 0 heterocycles. The Bertz CT molecular complexity index is 265. The second-order valence-corrected chi connectivity index (χ2v) is 2.30. The Morgan fingerprint density at radius 1 is 1.00 bits per heavy atom. The van der Waals surface area contributed by atoms with Crippen LogP contribution in [0.4, 0.5) is 0 Å². The van der Waals surface area contributed by atoms with Crippen molar-refractivity contribution in [2.75, 3.05) is 0 Å². The minimum absolute atomic E-state index is 0. The van der Waals surface area contributed by atoms with Gasteiger partial charge in [-0.05, 0) is 0 Å². The van der Waals surface area contributed by atoms with Crippen molar-refractivity contribution >= 4 is 6.29 Å². The first kappa shape index (κ1) is 11.9. The van der Waals surface area contributed by atoms with Crippen LogP contribution in [-0.2, 0) is 17.1 Å². The van der Waals surface area contributed by atoms with E-state index in [0.29, 0.717) is 0 Å². The first-order chi connectivity index (χ1) is 5.93. The third kappa shape index (κ3) is 5.18. The van der Waals surface area contributed by atoms with E-state index in [1.54, 1.807) is 12.1 Å². The van der Waals surface area contributed by atoms with Gasteiger partial charge in [0, 0.05) is 0 Å². The van der Waals surface area contributed by atoms with Crippen molar-refractivity contribution in [1.82, 2.24) is 0 Å². The molecule has 2 aromatic rings. The fourth-order valence-electron chi connectivity index (χ4n) is 0.788. The third-order valence-corrected chi connectivity index (χ3v) is 1.38. The number of hydrogen-bond donors (Lipinski definition) is 0. The number of carbonyl (C=O) groups is 1. The van der Waals surface area contributed by atoms with Crippen LogP contribution >= 0.6 is 0 Å². The monoisotopic (exact) mass is 214 g/mol. The average molecular weight is 214 g/mol. The Balaban J connectivity index is 0.000000215. The molecule has 0 aromatic heterocycles. The maximum absolute atomic E-state index is 9.87. The first-order valence-electron chi connectivity index (χ1n) is 3.77. The molecule has 0 aliphatic rings. The van der Waals surface area contributed by atoms with Crippen molar-refractivity contribution in [3.05, 3.63) is 60.2 Å². The molecular weight excluding hydrogens is 204 g/mol. The summed E-state index contributed by atoms with van der Waals surface area (Å²) in [6.45, 7) is 0. The molecular formula is C11H10FeO. The number of carbonyl (C=O) groups excluding carboxylic acids is 1. The zero-order valence-electron chi connectivity index (χ0n) is 7.04. The zero-order valence-corrected chi connectivity index (χ0v) is 8.14. The van der Waals surface area contributed by atoms with E-state index in [9.17, 15) is 4.79 Å². The van der Waals surface area contributed by atoms with Crippen LogP contribution in [0.5, 0.6) is 0 Å².